The number of esters is 1. The average Bonchev–Trinajstić information content (AvgIpc) is 1.82. The third-order valence-corrected chi connectivity index (χ3v) is 0.918. The summed E-state index contributed by atoms with van der Waals surface area (Å²) in [6.45, 7) is 7.13. The molecule has 0 aromatic heterocycles. The van der Waals surface area contributed by atoms with Crippen LogP contribution in [0.5, 0.6) is 0 Å². The summed E-state index contributed by atoms with van der Waals surface area (Å²) in [7, 11) is 0. The topological polar surface area (TPSA) is 26.3 Å². The lowest BCUT2D eigenvalue weighted by Gasteiger charge is -2.02. The lowest BCUT2D eigenvalue weighted by atomic mass is 10.2. The van der Waals surface area contributed by atoms with Gasteiger partial charge in [0, 0.05) is 12.8 Å². The molecule has 0 aliphatic rings. The summed E-state index contributed by atoms with van der Waals surface area (Å²) in [6.07, 6.45) is -0.283. The predicted molar refractivity (Wildman–Crippen MR) is 43.8 cm³/mol. The molecule has 0 aromatic carbocycles. The van der Waals surface area contributed by atoms with Gasteiger partial charge in [0.2, 0.25) is 0 Å². The second-order valence-corrected chi connectivity index (χ2v) is 2.70. The molecule has 0 spiro atoms. The summed E-state index contributed by atoms with van der Waals surface area (Å²) in [5.41, 5.74) is 0. The fraction of sp³-hybridized carbons (Fsp3) is 0.667. The van der Waals surface area contributed by atoms with Gasteiger partial charge in [-0.3, -0.25) is 4.79 Å². The van der Waals surface area contributed by atoms with E-state index in [9.17, 15) is 4.79 Å². The van der Waals surface area contributed by atoms with Crippen molar-refractivity contribution in [3.8, 4) is 11.8 Å². The Morgan fingerprint density at radius 1 is 1.27 bits per heavy atom. The molecule has 2 nitrogen and oxygen atoms in total. The second-order valence-electron chi connectivity index (χ2n) is 2.70. The zero-order chi connectivity index (χ0) is 8.85. The van der Waals surface area contributed by atoms with Crippen LogP contribution in [0.3, 0.4) is 0 Å². The maximum atomic E-state index is 10.4. The van der Waals surface area contributed by atoms with Gasteiger partial charge < -0.3 is 4.74 Å². The summed E-state index contributed by atoms with van der Waals surface area (Å²) in [5, 5.41) is 0. The Hall–Kier alpha value is -0.970. The maximum Gasteiger partial charge on any atom is 0.303 e. The van der Waals surface area contributed by atoms with Crippen molar-refractivity contribution in [2.75, 3.05) is 0 Å². The first-order valence-corrected chi connectivity index (χ1v) is 3.70. The van der Waals surface area contributed by atoms with Crippen molar-refractivity contribution in [3.05, 3.63) is 0 Å². The Kier molecular flexibility index (Phi) is 4.36. The Labute approximate surface area is 67.9 Å². The smallest absolute Gasteiger partial charge is 0.303 e. The van der Waals surface area contributed by atoms with Gasteiger partial charge in [-0.1, -0.05) is 25.7 Å². The van der Waals surface area contributed by atoms with E-state index in [-0.39, 0.29) is 12.1 Å². The minimum atomic E-state index is -0.283. The van der Waals surface area contributed by atoms with Crippen LogP contribution < -0.4 is 0 Å². The van der Waals surface area contributed by atoms with Crippen molar-refractivity contribution >= 4 is 5.97 Å². The van der Waals surface area contributed by atoms with Gasteiger partial charge >= 0.3 is 5.97 Å². The van der Waals surface area contributed by atoms with Gasteiger partial charge in [0.25, 0.3) is 0 Å². The molecule has 62 valence electrons. The van der Waals surface area contributed by atoms with Gasteiger partial charge in [-0.15, -0.1) is 0 Å². The van der Waals surface area contributed by atoms with Gasteiger partial charge in [-0.2, -0.15) is 0 Å². The van der Waals surface area contributed by atoms with E-state index in [4.69, 9.17) is 4.74 Å². The van der Waals surface area contributed by atoms with Gasteiger partial charge in [0.05, 0.1) is 0 Å². The molecular weight excluding hydrogens is 140 g/mol. The van der Waals surface area contributed by atoms with Gasteiger partial charge in [-0.25, -0.2) is 0 Å². The first-order chi connectivity index (χ1) is 5.02. The van der Waals surface area contributed by atoms with Crippen LogP contribution in [0, 0.1) is 17.8 Å². The molecule has 0 amide bonds. The quantitative estimate of drug-likeness (QED) is 0.423. The second kappa shape index (κ2) is 4.79. The van der Waals surface area contributed by atoms with Crippen molar-refractivity contribution in [3.63, 3.8) is 0 Å². The van der Waals surface area contributed by atoms with Gasteiger partial charge in [0.1, 0.15) is 0 Å². The molecule has 0 radical (unpaired) electrons. The summed E-state index contributed by atoms with van der Waals surface area (Å²) < 4.78 is 4.79. The molecule has 2 heteroatoms. The molecule has 0 bridgehead atoms. The molecule has 0 heterocycles. The summed E-state index contributed by atoms with van der Waals surface area (Å²) in [5.74, 6) is 5.79. The molecule has 1 atom stereocenters. The van der Waals surface area contributed by atoms with Crippen molar-refractivity contribution in [2.45, 2.75) is 33.8 Å². The predicted octanol–water partition coefficient (Wildman–Crippen LogP) is 1.60. The largest absolute Gasteiger partial charge is 0.450 e. The summed E-state index contributed by atoms with van der Waals surface area (Å²) in [4.78, 5) is 10.4. The van der Waals surface area contributed by atoms with E-state index in [1.54, 1.807) is 6.92 Å². The molecule has 0 fully saturated rings. The van der Waals surface area contributed by atoms with Crippen molar-refractivity contribution < 1.29 is 9.53 Å². The van der Waals surface area contributed by atoms with E-state index < -0.39 is 0 Å². The van der Waals surface area contributed by atoms with Crippen LogP contribution in [0.15, 0.2) is 0 Å². The van der Waals surface area contributed by atoms with Crippen molar-refractivity contribution in [2.24, 2.45) is 5.92 Å². The minimum Gasteiger partial charge on any atom is -0.450 e. The lowest BCUT2D eigenvalue weighted by molar-refractivity contribution is -0.143. The monoisotopic (exact) mass is 154 g/mol. The van der Waals surface area contributed by atoms with Crippen LogP contribution in [0.4, 0.5) is 0 Å². The normalized spacial score (nSPS) is 11.7. The van der Waals surface area contributed by atoms with Crippen LogP contribution in [0.1, 0.15) is 27.7 Å². The molecule has 11 heavy (non-hydrogen) atoms. The average molecular weight is 154 g/mol. The highest BCUT2D eigenvalue weighted by Crippen LogP contribution is 1.91. The molecule has 0 aliphatic heterocycles. The molecule has 0 saturated heterocycles. The first-order valence-electron chi connectivity index (χ1n) is 3.70. The standard InChI is InChI=1S/C9H14O2/c1-7(2)5-6-8(3)11-9(4)10/h7-8H,1-4H3. The maximum absolute atomic E-state index is 10.4. The Morgan fingerprint density at radius 3 is 2.18 bits per heavy atom. The Morgan fingerprint density at radius 2 is 1.82 bits per heavy atom. The highest BCUT2D eigenvalue weighted by Gasteiger charge is 1.98. The van der Waals surface area contributed by atoms with Gasteiger partial charge in [-0.05, 0) is 6.92 Å². The van der Waals surface area contributed by atoms with E-state index in [2.05, 4.69) is 11.8 Å². The summed E-state index contributed by atoms with van der Waals surface area (Å²) >= 11 is 0. The number of carbonyl (C=O) groups is 1. The van der Waals surface area contributed by atoms with Crippen LogP contribution in [0.25, 0.3) is 0 Å². The Bertz CT molecular complexity index is 183. The van der Waals surface area contributed by atoms with Crippen LogP contribution >= 0.6 is 0 Å². The van der Waals surface area contributed by atoms with Gasteiger partial charge in [0.15, 0.2) is 6.10 Å². The van der Waals surface area contributed by atoms with E-state index in [0.29, 0.717) is 5.92 Å². The number of carbonyl (C=O) groups excluding carboxylic acids is 1. The van der Waals surface area contributed by atoms with E-state index in [0.717, 1.165) is 0 Å². The number of ether oxygens (including phenoxy) is 1. The van der Waals surface area contributed by atoms with Crippen LogP contribution in [0.2, 0.25) is 0 Å². The molecule has 0 saturated carbocycles. The molecule has 1 unspecified atom stereocenters. The van der Waals surface area contributed by atoms with Crippen molar-refractivity contribution in [1.29, 1.82) is 0 Å². The highest BCUT2D eigenvalue weighted by molar-refractivity contribution is 5.66. The third kappa shape index (κ3) is 6.92. The van der Waals surface area contributed by atoms with E-state index >= 15 is 0 Å². The van der Waals surface area contributed by atoms with Crippen molar-refractivity contribution in [1.82, 2.24) is 0 Å². The fourth-order valence-corrected chi connectivity index (χ4v) is 0.562. The SMILES string of the molecule is CC(=O)OC(C)C#CC(C)C. The van der Waals surface area contributed by atoms with E-state index in [1.165, 1.54) is 6.92 Å². The highest BCUT2D eigenvalue weighted by atomic mass is 16.5. The molecule has 0 rings (SSSR count). The summed E-state index contributed by atoms with van der Waals surface area (Å²) in [6, 6.07) is 0. The number of hydrogen-bond donors (Lipinski definition) is 0. The first kappa shape index (κ1) is 10.0. The molecule has 0 aliphatic carbocycles. The van der Waals surface area contributed by atoms with Crippen LogP contribution in [-0.2, 0) is 9.53 Å². The Balaban J connectivity index is 3.79. The van der Waals surface area contributed by atoms with Crippen LogP contribution in [-0.4, -0.2) is 12.1 Å². The number of rotatable bonds is 1. The third-order valence-electron chi connectivity index (χ3n) is 0.918. The van der Waals surface area contributed by atoms with E-state index in [1.807, 2.05) is 13.8 Å². The molecule has 0 aromatic rings. The lowest BCUT2D eigenvalue weighted by Crippen LogP contribution is -2.09. The molecular formula is C9H14O2. The minimum absolute atomic E-state index is 0.282. The molecule has 0 N–H and O–H groups in total. The zero-order valence-corrected chi connectivity index (χ0v) is 7.47. The fourth-order valence-electron chi connectivity index (χ4n) is 0.562. The zero-order valence-electron chi connectivity index (χ0n) is 7.47. The number of hydrogen-bond acceptors (Lipinski definition) is 2.